The average molecular weight is 254 g/mol. The molecule has 1 fully saturated rings. The number of halogens is 1. The molecule has 0 radical (unpaired) electrons. The minimum Gasteiger partial charge on any atom is -0.381 e. The van der Waals surface area contributed by atoms with Crippen molar-refractivity contribution in [3.8, 4) is 0 Å². The Balaban J connectivity index is 2.08. The Morgan fingerprint density at radius 3 is 2.47 bits per heavy atom. The zero-order valence-electron chi connectivity index (χ0n) is 10.3. The first kappa shape index (κ1) is 12.9. The number of rotatable bonds is 4. The van der Waals surface area contributed by atoms with Gasteiger partial charge in [0.25, 0.3) is 0 Å². The molecule has 1 aliphatic heterocycles. The molecular weight excluding hydrogens is 234 g/mol. The van der Waals surface area contributed by atoms with Gasteiger partial charge < -0.3 is 10.1 Å². The summed E-state index contributed by atoms with van der Waals surface area (Å²) in [7, 11) is 2.03. The van der Waals surface area contributed by atoms with Gasteiger partial charge in [-0.2, -0.15) is 0 Å². The van der Waals surface area contributed by atoms with Crippen molar-refractivity contribution in [2.24, 2.45) is 5.41 Å². The Hall–Kier alpha value is -0.570. The summed E-state index contributed by atoms with van der Waals surface area (Å²) in [5.74, 6) is 0. The number of hydrogen-bond acceptors (Lipinski definition) is 2. The number of nitrogens with one attached hydrogen (secondary N) is 1. The van der Waals surface area contributed by atoms with Gasteiger partial charge in [-0.05, 0) is 49.4 Å². The first-order valence-electron chi connectivity index (χ1n) is 6.21. The summed E-state index contributed by atoms with van der Waals surface area (Å²) in [6.07, 6.45) is 3.38. The van der Waals surface area contributed by atoms with Crippen LogP contribution in [0.1, 0.15) is 18.4 Å². The third-order valence-corrected chi connectivity index (χ3v) is 3.85. The van der Waals surface area contributed by atoms with Crippen LogP contribution < -0.4 is 5.32 Å². The van der Waals surface area contributed by atoms with Gasteiger partial charge in [-0.25, -0.2) is 0 Å². The molecule has 0 unspecified atom stereocenters. The first-order valence-corrected chi connectivity index (χ1v) is 6.59. The van der Waals surface area contributed by atoms with Gasteiger partial charge in [0.05, 0.1) is 0 Å². The van der Waals surface area contributed by atoms with E-state index in [1.165, 1.54) is 5.56 Å². The van der Waals surface area contributed by atoms with Crippen molar-refractivity contribution in [2.75, 3.05) is 26.8 Å². The zero-order chi connectivity index (χ0) is 12.1. The van der Waals surface area contributed by atoms with Gasteiger partial charge in [0, 0.05) is 24.8 Å². The van der Waals surface area contributed by atoms with Gasteiger partial charge in [-0.15, -0.1) is 0 Å². The van der Waals surface area contributed by atoms with Crippen molar-refractivity contribution < 1.29 is 4.74 Å². The summed E-state index contributed by atoms with van der Waals surface area (Å²) in [5.41, 5.74) is 1.72. The maximum Gasteiger partial charge on any atom is 0.0471 e. The molecule has 1 aliphatic rings. The number of hydrogen-bond donors (Lipinski definition) is 1. The molecule has 0 aliphatic carbocycles. The maximum absolute atomic E-state index is 5.92. The highest BCUT2D eigenvalue weighted by Crippen LogP contribution is 2.33. The smallest absolute Gasteiger partial charge is 0.0471 e. The van der Waals surface area contributed by atoms with Crippen LogP contribution in [0.15, 0.2) is 24.3 Å². The minimum absolute atomic E-state index is 0.348. The Kier molecular flexibility index (Phi) is 4.43. The SMILES string of the molecule is CNCC1(Cc2ccc(Cl)cc2)CCOCC1. The molecule has 2 nitrogen and oxygen atoms in total. The molecule has 1 aromatic carbocycles. The van der Waals surface area contributed by atoms with E-state index in [1.54, 1.807) is 0 Å². The van der Waals surface area contributed by atoms with Crippen molar-refractivity contribution in [3.63, 3.8) is 0 Å². The molecule has 1 saturated heterocycles. The van der Waals surface area contributed by atoms with E-state index in [-0.39, 0.29) is 0 Å². The summed E-state index contributed by atoms with van der Waals surface area (Å²) < 4.78 is 5.48. The van der Waals surface area contributed by atoms with E-state index in [1.807, 2.05) is 19.2 Å². The summed E-state index contributed by atoms with van der Waals surface area (Å²) >= 11 is 5.92. The van der Waals surface area contributed by atoms with Gasteiger partial charge in [-0.3, -0.25) is 0 Å². The molecule has 0 spiro atoms. The van der Waals surface area contributed by atoms with Crippen LogP contribution in [0, 0.1) is 5.41 Å². The molecule has 17 heavy (non-hydrogen) atoms. The van der Waals surface area contributed by atoms with E-state index in [9.17, 15) is 0 Å². The Morgan fingerprint density at radius 2 is 1.88 bits per heavy atom. The van der Waals surface area contributed by atoms with Gasteiger partial charge in [0.15, 0.2) is 0 Å². The molecule has 0 saturated carbocycles. The Bertz CT molecular complexity index is 338. The lowest BCUT2D eigenvalue weighted by Gasteiger charge is -2.37. The standard InChI is InChI=1S/C14H20ClNO/c1-16-11-14(6-8-17-9-7-14)10-12-2-4-13(15)5-3-12/h2-5,16H,6-11H2,1H3. The summed E-state index contributed by atoms with van der Waals surface area (Å²) in [6.45, 7) is 2.82. The lowest BCUT2D eigenvalue weighted by molar-refractivity contribution is 0.0158. The third-order valence-electron chi connectivity index (χ3n) is 3.60. The molecule has 3 heteroatoms. The second kappa shape index (κ2) is 5.85. The van der Waals surface area contributed by atoms with Crippen molar-refractivity contribution >= 4 is 11.6 Å². The van der Waals surface area contributed by atoms with E-state index in [4.69, 9.17) is 16.3 Å². The third kappa shape index (κ3) is 3.44. The lowest BCUT2D eigenvalue weighted by atomic mass is 9.75. The van der Waals surface area contributed by atoms with E-state index >= 15 is 0 Å². The molecule has 2 rings (SSSR count). The van der Waals surface area contributed by atoms with Gasteiger partial charge in [-0.1, -0.05) is 23.7 Å². The summed E-state index contributed by atoms with van der Waals surface area (Å²) in [6, 6.07) is 8.22. The van der Waals surface area contributed by atoms with Gasteiger partial charge in [0.1, 0.15) is 0 Å². The molecule has 1 aromatic rings. The maximum atomic E-state index is 5.92. The largest absolute Gasteiger partial charge is 0.381 e. The Morgan fingerprint density at radius 1 is 1.24 bits per heavy atom. The molecule has 0 amide bonds. The van der Waals surface area contributed by atoms with Crippen LogP contribution in [0.3, 0.4) is 0 Å². The molecule has 1 N–H and O–H groups in total. The van der Waals surface area contributed by atoms with Crippen LogP contribution in [0.5, 0.6) is 0 Å². The van der Waals surface area contributed by atoms with E-state index < -0.39 is 0 Å². The van der Waals surface area contributed by atoms with E-state index in [0.29, 0.717) is 5.41 Å². The fourth-order valence-electron chi connectivity index (χ4n) is 2.63. The molecule has 94 valence electrons. The second-order valence-electron chi connectivity index (χ2n) is 4.95. The average Bonchev–Trinajstić information content (AvgIpc) is 2.34. The second-order valence-corrected chi connectivity index (χ2v) is 5.38. The van der Waals surface area contributed by atoms with Crippen molar-refractivity contribution in [3.05, 3.63) is 34.9 Å². The van der Waals surface area contributed by atoms with Crippen molar-refractivity contribution in [1.82, 2.24) is 5.32 Å². The molecule has 0 atom stereocenters. The van der Waals surface area contributed by atoms with Crippen LogP contribution in [0.2, 0.25) is 5.02 Å². The lowest BCUT2D eigenvalue weighted by Crippen LogP contribution is -2.39. The highest BCUT2D eigenvalue weighted by atomic mass is 35.5. The predicted octanol–water partition coefficient (Wildman–Crippen LogP) is 2.90. The predicted molar refractivity (Wildman–Crippen MR) is 71.6 cm³/mol. The topological polar surface area (TPSA) is 21.3 Å². The Labute approximate surface area is 108 Å². The molecule has 0 aromatic heterocycles. The minimum atomic E-state index is 0.348. The summed E-state index contributed by atoms with van der Waals surface area (Å²) in [4.78, 5) is 0. The molecule has 0 bridgehead atoms. The fourth-order valence-corrected chi connectivity index (χ4v) is 2.76. The van der Waals surface area contributed by atoms with Crippen LogP contribution >= 0.6 is 11.6 Å². The van der Waals surface area contributed by atoms with Gasteiger partial charge >= 0.3 is 0 Å². The fraction of sp³-hybridized carbons (Fsp3) is 0.571. The summed E-state index contributed by atoms with van der Waals surface area (Å²) in [5, 5.41) is 4.14. The van der Waals surface area contributed by atoms with Crippen molar-refractivity contribution in [1.29, 1.82) is 0 Å². The highest BCUT2D eigenvalue weighted by molar-refractivity contribution is 6.30. The van der Waals surface area contributed by atoms with Crippen molar-refractivity contribution in [2.45, 2.75) is 19.3 Å². The van der Waals surface area contributed by atoms with Crippen LogP contribution in [0.25, 0.3) is 0 Å². The van der Waals surface area contributed by atoms with E-state index in [2.05, 4.69) is 17.4 Å². The number of ether oxygens (including phenoxy) is 1. The monoisotopic (exact) mass is 253 g/mol. The van der Waals surface area contributed by atoms with Crippen LogP contribution in [-0.2, 0) is 11.2 Å². The molecular formula is C14H20ClNO. The van der Waals surface area contributed by atoms with E-state index in [0.717, 1.165) is 44.0 Å². The van der Waals surface area contributed by atoms with Crippen LogP contribution in [0.4, 0.5) is 0 Å². The first-order chi connectivity index (χ1) is 8.24. The zero-order valence-corrected chi connectivity index (χ0v) is 11.1. The normalized spacial score (nSPS) is 19.2. The van der Waals surface area contributed by atoms with Gasteiger partial charge in [0.2, 0.25) is 0 Å². The highest BCUT2D eigenvalue weighted by Gasteiger charge is 2.31. The number of benzene rings is 1. The van der Waals surface area contributed by atoms with Crippen LogP contribution in [-0.4, -0.2) is 26.8 Å². The molecule has 1 heterocycles. The quantitative estimate of drug-likeness (QED) is 0.891.